The fraction of sp³-hybridized carbons (Fsp3) is 0.700. The maximum Gasteiger partial charge on any atom is 0.224 e. The highest BCUT2D eigenvalue weighted by Gasteiger charge is 2.43. The summed E-state index contributed by atoms with van der Waals surface area (Å²) in [7, 11) is -3.38. The van der Waals surface area contributed by atoms with Crippen molar-refractivity contribution < 1.29 is 21.9 Å². The minimum absolute atomic E-state index is 0.0722. The summed E-state index contributed by atoms with van der Waals surface area (Å²) in [5, 5.41) is 6.77. The van der Waals surface area contributed by atoms with E-state index >= 15 is 0 Å². The number of aromatic nitrogens is 3. The Balaban J connectivity index is 1.31. The van der Waals surface area contributed by atoms with Crippen LogP contribution in [0.3, 0.4) is 0 Å². The molecular weight excluding hydrogens is 442 g/mol. The second-order valence-electron chi connectivity index (χ2n) is 8.73. The van der Waals surface area contributed by atoms with Crippen LogP contribution in [-0.2, 0) is 14.8 Å². The predicted molar refractivity (Wildman–Crippen MR) is 115 cm³/mol. The number of anilines is 1. The molecule has 0 aromatic carbocycles. The fourth-order valence-electron chi connectivity index (χ4n) is 4.67. The molecule has 2 aromatic rings. The second-order valence-corrected chi connectivity index (χ2v) is 10.9. The van der Waals surface area contributed by atoms with Crippen LogP contribution in [0.1, 0.15) is 31.7 Å². The molecule has 3 aliphatic rings. The van der Waals surface area contributed by atoms with Gasteiger partial charge in [0.05, 0.1) is 23.4 Å². The zero-order valence-electron chi connectivity index (χ0n) is 17.7. The van der Waals surface area contributed by atoms with Gasteiger partial charge in [0, 0.05) is 37.4 Å². The Morgan fingerprint density at radius 3 is 2.88 bits per heavy atom. The van der Waals surface area contributed by atoms with E-state index in [0.717, 1.165) is 18.4 Å². The number of nitrogens with one attached hydrogen (secondary N) is 2. The van der Waals surface area contributed by atoms with Gasteiger partial charge in [-0.15, -0.1) is 0 Å². The SMILES string of the molecule is O=S(=O)(C1CC1)N1CC[C@@H](Nc2ncc3ccn([C@H]4CCNC[C@@H]4OCF)c3n2)[C@H](F)C1. The topological polar surface area (TPSA) is 101 Å². The first-order chi connectivity index (χ1) is 15.5. The van der Waals surface area contributed by atoms with E-state index < -0.39 is 29.1 Å². The number of halogens is 2. The zero-order chi connectivity index (χ0) is 22.3. The van der Waals surface area contributed by atoms with Gasteiger partial charge in [0.25, 0.3) is 0 Å². The first-order valence-corrected chi connectivity index (χ1v) is 12.6. The van der Waals surface area contributed by atoms with Gasteiger partial charge in [-0.25, -0.2) is 22.2 Å². The Labute approximate surface area is 185 Å². The molecular formula is C20H28F2N6O3S. The highest BCUT2D eigenvalue weighted by Crippen LogP contribution is 2.33. The van der Waals surface area contributed by atoms with E-state index in [1.54, 1.807) is 6.20 Å². The lowest BCUT2D eigenvalue weighted by molar-refractivity contribution is -0.0395. The summed E-state index contributed by atoms with van der Waals surface area (Å²) in [6.07, 6.45) is 4.34. The van der Waals surface area contributed by atoms with Crippen LogP contribution in [0.4, 0.5) is 14.7 Å². The van der Waals surface area contributed by atoms with Crippen molar-refractivity contribution in [2.24, 2.45) is 0 Å². The first kappa shape index (κ1) is 21.9. The lowest BCUT2D eigenvalue weighted by Crippen LogP contribution is -2.50. The minimum Gasteiger partial charge on any atom is -0.348 e. The van der Waals surface area contributed by atoms with E-state index in [1.807, 2.05) is 16.8 Å². The van der Waals surface area contributed by atoms with Crippen molar-refractivity contribution in [2.75, 3.05) is 38.4 Å². The van der Waals surface area contributed by atoms with Crippen LogP contribution in [0, 0.1) is 0 Å². The lowest BCUT2D eigenvalue weighted by Gasteiger charge is -2.34. The van der Waals surface area contributed by atoms with E-state index in [9.17, 15) is 17.2 Å². The Morgan fingerprint density at radius 1 is 1.28 bits per heavy atom. The molecule has 1 aliphatic carbocycles. The van der Waals surface area contributed by atoms with E-state index in [4.69, 9.17) is 4.74 Å². The van der Waals surface area contributed by atoms with Gasteiger partial charge in [0.2, 0.25) is 16.0 Å². The molecule has 0 unspecified atom stereocenters. The van der Waals surface area contributed by atoms with Crippen molar-refractivity contribution in [2.45, 2.75) is 55.3 Å². The van der Waals surface area contributed by atoms with Crippen LogP contribution in [-0.4, -0.2) is 83.9 Å². The van der Waals surface area contributed by atoms with Crippen LogP contribution in [0.25, 0.3) is 11.0 Å². The molecule has 176 valence electrons. The molecule has 0 radical (unpaired) electrons. The van der Waals surface area contributed by atoms with E-state index in [1.165, 1.54) is 4.31 Å². The molecule has 0 bridgehead atoms. The third-order valence-electron chi connectivity index (χ3n) is 6.61. The van der Waals surface area contributed by atoms with Gasteiger partial charge < -0.3 is 19.9 Å². The van der Waals surface area contributed by atoms with Crippen molar-refractivity contribution in [1.29, 1.82) is 0 Å². The standard InChI is InChI=1S/C20H28F2N6O3S/c21-12-31-18-10-23-6-3-17(18)28-8-4-13-9-24-20(26-19(13)28)25-16-5-7-27(11-15(16)22)32(29,30)14-1-2-14/h4,8-9,14-18,23H,1-3,5-7,10-12H2,(H,24,25,26)/t15-,16-,17+,18+/m1/s1. The number of hydrogen-bond donors (Lipinski definition) is 2. The second kappa shape index (κ2) is 8.81. The monoisotopic (exact) mass is 470 g/mol. The van der Waals surface area contributed by atoms with Gasteiger partial charge in [-0.2, -0.15) is 9.29 Å². The number of piperidine rings is 2. The van der Waals surface area contributed by atoms with Gasteiger partial charge in [0.15, 0.2) is 6.86 Å². The number of hydrogen-bond acceptors (Lipinski definition) is 7. The van der Waals surface area contributed by atoms with Crippen LogP contribution >= 0.6 is 0 Å². The third kappa shape index (κ3) is 4.20. The fourth-order valence-corrected chi connectivity index (χ4v) is 6.54. The smallest absolute Gasteiger partial charge is 0.224 e. The normalized spacial score (nSPS) is 29.9. The molecule has 2 saturated heterocycles. The molecule has 2 aromatic heterocycles. The number of ether oxygens (including phenoxy) is 1. The summed E-state index contributed by atoms with van der Waals surface area (Å²) in [6.45, 7) is 0.630. The molecule has 1 saturated carbocycles. The molecule has 4 atom stereocenters. The van der Waals surface area contributed by atoms with Gasteiger partial charge in [0.1, 0.15) is 11.8 Å². The number of alkyl halides is 2. The van der Waals surface area contributed by atoms with Crippen molar-refractivity contribution in [3.8, 4) is 0 Å². The van der Waals surface area contributed by atoms with Gasteiger partial charge in [-0.05, 0) is 38.3 Å². The number of nitrogens with zero attached hydrogens (tertiary/aromatic N) is 4. The molecule has 4 heterocycles. The maximum atomic E-state index is 14.9. The Bertz CT molecular complexity index is 1060. The predicted octanol–water partition coefficient (Wildman–Crippen LogP) is 1.59. The molecule has 0 spiro atoms. The maximum absolute atomic E-state index is 14.9. The van der Waals surface area contributed by atoms with Crippen molar-refractivity contribution >= 4 is 27.0 Å². The molecule has 32 heavy (non-hydrogen) atoms. The van der Waals surface area contributed by atoms with Crippen LogP contribution < -0.4 is 10.6 Å². The summed E-state index contributed by atoms with van der Waals surface area (Å²) in [5.74, 6) is 0.292. The number of rotatable bonds is 7. The summed E-state index contributed by atoms with van der Waals surface area (Å²) in [4.78, 5) is 8.93. The van der Waals surface area contributed by atoms with Crippen molar-refractivity contribution in [1.82, 2.24) is 24.2 Å². The Morgan fingerprint density at radius 2 is 2.12 bits per heavy atom. The zero-order valence-corrected chi connectivity index (χ0v) is 18.5. The van der Waals surface area contributed by atoms with Gasteiger partial charge in [-0.1, -0.05) is 0 Å². The third-order valence-corrected chi connectivity index (χ3v) is 8.97. The van der Waals surface area contributed by atoms with Crippen LogP contribution in [0.2, 0.25) is 0 Å². The Kier molecular flexibility index (Phi) is 6.03. The summed E-state index contributed by atoms with van der Waals surface area (Å²) in [5.41, 5.74) is 0.672. The van der Waals surface area contributed by atoms with Crippen LogP contribution in [0.15, 0.2) is 18.5 Å². The number of fused-ring (bicyclic) bond motifs is 1. The highest BCUT2D eigenvalue weighted by molar-refractivity contribution is 7.90. The van der Waals surface area contributed by atoms with Crippen molar-refractivity contribution in [3.63, 3.8) is 0 Å². The average molecular weight is 471 g/mol. The van der Waals surface area contributed by atoms with E-state index in [0.29, 0.717) is 37.4 Å². The first-order valence-electron chi connectivity index (χ1n) is 11.1. The molecule has 0 amide bonds. The molecule has 2 N–H and O–H groups in total. The highest BCUT2D eigenvalue weighted by atomic mass is 32.2. The summed E-state index contributed by atoms with van der Waals surface area (Å²) in [6, 6.07) is 1.26. The van der Waals surface area contributed by atoms with Crippen LogP contribution in [0.5, 0.6) is 0 Å². The summed E-state index contributed by atoms with van der Waals surface area (Å²) >= 11 is 0. The molecule has 2 aliphatic heterocycles. The lowest BCUT2D eigenvalue weighted by atomic mass is 10.0. The minimum atomic E-state index is -3.38. The largest absolute Gasteiger partial charge is 0.348 e. The average Bonchev–Trinajstić information content (AvgIpc) is 3.57. The van der Waals surface area contributed by atoms with E-state index in [2.05, 4.69) is 20.6 Å². The van der Waals surface area contributed by atoms with Gasteiger partial charge >= 0.3 is 0 Å². The quantitative estimate of drug-likeness (QED) is 0.634. The molecule has 3 fully saturated rings. The summed E-state index contributed by atoms with van der Waals surface area (Å²) < 4.78 is 61.1. The van der Waals surface area contributed by atoms with Crippen molar-refractivity contribution in [3.05, 3.63) is 18.5 Å². The molecule has 9 nitrogen and oxygen atoms in total. The molecule has 12 heteroatoms. The van der Waals surface area contributed by atoms with E-state index in [-0.39, 0.29) is 30.5 Å². The van der Waals surface area contributed by atoms with Gasteiger partial charge in [-0.3, -0.25) is 0 Å². The number of sulfonamides is 1. The Hall–Kier alpha value is -1.89. The molecule has 5 rings (SSSR count).